The number of guanidine groups is 1. The largest absolute Gasteiger partial charge is 0.370 e. The first-order chi connectivity index (χ1) is 10.9. The Balaban J connectivity index is 0.00000288. The van der Waals surface area contributed by atoms with Gasteiger partial charge < -0.3 is 11.1 Å². The van der Waals surface area contributed by atoms with Crippen molar-refractivity contribution < 1.29 is 8.42 Å². The molecule has 0 bridgehead atoms. The first-order valence-electron chi connectivity index (χ1n) is 8.02. The highest BCUT2D eigenvalue weighted by Gasteiger charge is 2.27. The van der Waals surface area contributed by atoms with Crippen molar-refractivity contribution in [1.82, 2.24) is 10.0 Å². The van der Waals surface area contributed by atoms with Crippen molar-refractivity contribution in [2.24, 2.45) is 16.6 Å². The molecule has 8 heteroatoms. The van der Waals surface area contributed by atoms with E-state index in [1.54, 1.807) is 24.3 Å². The number of nitrogens with zero attached hydrogens (tertiary/aromatic N) is 1. The van der Waals surface area contributed by atoms with E-state index in [-0.39, 0.29) is 30.0 Å². The van der Waals surface area contributed by atoms with Crippen LogP contribution in [0, 0.1) is 5.92 Å². The van der Waals surface area contributed by atoms with E-state index in [0.29, 0.717) is 23.3 Å². The minimum atomic E-state index is -3.39. The number of aliphatic imine (C=N–C) groups is 1. The van der Waals surface area contributed by atoms with E-state index in [0.717, 1.165) is 31.4 Å². The van der Waals surface area contributed by atoms with Crippen molar-refractivity contribution in [3.05, 3.63) is 29.8 Å². The average molecular weight is 466 g/mol. The number of rotatable bonds is 8. The fraction of sp³-hybridized carbons (Fsp3) is 0.562. The predicted molar refractivity (Wildman–Crippen MR) is 108 cm³/mol. The molecule has 0 spiro atoms. The fourth-order valence-electron chi connectivity index (χ4n) is 1.98. The molecule has 1 aliphatic carbocycles. The predicted octanol–water partition coefficient (Wildman–Crippen LogP) is 2.20. The lowest BCUT2D eigenvalue weighted by molar-refractivity contribution is 0.576. The van der Waals surface area contributed by atoms with Gasteiger partial charge in [-0.25, -0.2) is 18.1 Å². The second-order valence-electron chi connectivity index (χ2n) is 6.35. The molecule has 6 nitrogen and oxygen atoms in total. The first kappa shape index (κ1) is 21.2. The maximum atomic E-state index is 12.1. The van der Waals surface area contributed by atoms with E-state index in [2.05, 4.69) is 28.9 Å². The molecule has 1 aliphatic rings. The molecule has 0 heterocycles. The van der Waals surface area contributed by atoms with Gasteiger partial charge in [-0.2, -0.15) is 0 Å². The Morgan fingerprint density at radius 1 is 1.29 bits per heavy atom. The van der Waals surface area contributed by atoms with Gasteiger partial charge in [-0.3, -0.25) is 0 Å². The zero-order valence-corrected chi connectivity index (χ0v) is 17.3. The number of nitrogens with one attached hydrogen (secondary N) is 2. The number of sulfonamides is 1. The van der Waals surface area contributed by atoms with Crippen molar-refractivity contribution in [2.45, 2.75) is 50.6 Å². The minimum Gasteiger partial charge on any atom is -0.370 e. The second-order valence-corrected chi connectivity index (χ2v) is 8.06. The molecule has 0 saturated heterocycles. The third kappa shape index (κ3) is 7.35. The molecule has 1 aromatic rings. The van der Waals surface area contributed by atoms with E-state index >= 15 is 0 Å². The van der Waals surface area contributed by atoms with Crippen LogP contribution in [0.15, 0.2) is 34.2 Å². The summed E-state index contributed by atoms with van der Waals surface area (Å²) in [6.45, 7) is 5.54. The van der Waals surface area contributed by atoms with Gasteiger partial charge in [-0.1, -0.05) is 26.0 Å². The van der Waals surface area contributed by atoms with Gasteiger partial charge in [0.05, 0.1) is 11.4 Å². The summed E-state index contributed by atoms with van der Waals surface area (Å²) < 4.78 is 26.8. The summed E-state index contributed by atoms with van der Waals surface area (Å²) in [5.74, 6) is 1.03. The molecule has 1 saturated carbocycles. The Bertz CT molecular complexity index is 641. The molecule has 0 aliphatic heterocycles. The summed E-state index contributed by atoms with van der Waals surface area (Å²) in [7, 11) is -3.39. The van der Waals surface area contributed by atoms with Crippen molar-refractivity contribution in [3.63, 3.8) is 0 Å². The Morgan fingerprint density at radius 2 is 1.92 bits per heavy atom. The maximum absolute atomic E-state index is 12.1. The number of hydrogen-bond donors (Lipinski definition) is 3. The number of nitrogens with two attached hydrogens (primary N) is 1. The van der Waals surface area contributed by atoms with Gasteiger partial charge in [-0.05, 0) is 42.9 Å². The number of benzene rings is 1. The van der Waals surface area contributed by atoms with Crippen LogP contribution >= 0.6 is 24.0 Å². The molecule has 1 fully saturated rings. The van der Waals surface area contributed by atoms with Crippen LogP contribution in [-0.4, -0.2) is 27.0 Å². The van der Waals surface area contributed by atoms with E-state index in [9.17, 15) is 8.42 Å². The van der Waals surface area contributed by atoms with Crippen LogP contribution < -0.4 is 15.8 Å². The highest BCUT2D eigenvalue weighted by atomic mass is 127. The Labute approximate surface area is 161 Å². The molecule has 0 unspecified atom stereocenters. The summed E-state index contributed by atoms with van der Waals surface area (Å²) in [4.78, 5) is 4.55. The molecular formula is C16H27IN4O2S. The lowest BCUT2D eigenvalue weighted by atomic mass is 10.1. The van der Waals surface area contributed by atoms with E-state index < -0.39 is 10.0 Å². The monoisotopic (exact) mass is 466 g/mol. The van der Waals surface area contributed by atoms with Gasteiger partial charge in [0.15, 0.2) is 5.96 Å². The normalized spacial score (nSPS) is 15.2. The third-order valence-electron chi connectivity index (χ3n) is 3.59. The second kappa shape index (κ2) is 9.57. The quantitative estimate of drug-likeness (QED) is 0.311. The highest BCUT2D eigenvalue weighted by molar-refractivity contribution is 14.0. The number of halogens is 1. The lowest BCUT2D eigenvalue weighted by Crippen LogP contribution is -2.32. The lowest BCUT2D eigenvalue weighted by Gasteiger charge is -2.08. The van der Waals surface area contributed by atoms with Crippen molar-refractivity contribution >= 4 is 40.0 Å². The summed E-state index contributed by atoms with van der Waals surface area (Å²) in [5, 5.41) is 3.07. The first-order valence-corrected chi connectivity index (χ1v) is 9.50. The van der Waals surface area contributed by atoms with E-state index in [1.165, 1.54) is 0 Å². The van der Waals surface area contributed by atoms with Crippen molar-refractivity contribution in [2.75, 3.05) is 6.54 Å². The molecule has 136 valence electrons. The van der Waals surface area contributed by atoms with Crippen LogP contribution in [-0.2, 0) is 16.6 Å². The van der Waals surface area contributed by atoms with E-state index in [4.69, 9.17) is 5.73 Å². The molecule has 0 aromatic heterocycles. The topological polar surface area (TPSA) is 96.6 Å². The average Bonchev–Trinajstić information content (AvgIpc) is 3.28. The van der Waals surface area contributed by atoms with Gasteiger partial charge in [0, 0.05) is 12.6 Å². The van der Waals surface area contributed by atoms with Gasteiger partial charge >= 0.3 is 0 Å². The summed E-state index contributed by atoms with van der Waals surface area (Å²) in [5.41, 5.74) is 6.72. The van der Waals surface area contributed by atoms with Crippen LogP contribution in [0.5, 0.6) is 0 Å². The van der Waals surface area contributed by atoms with Crippen LogP contribution in [0.2, 0.25) is 0 Å². The summed E-state index contributed by atoms with van der Waals surface area (Å²) in [6, 6.07) is 6.87. The molecule has 0 atom stereocenters. The SMILES string of the molecule is CC(C)CCNC(N)=NCc1ccc(S(=O)(=O)NC2CC2)cc1.I. The zero-order valence-electron chi connectivity index (χ0n) is 14.2. The molecule has 4 N–H and O–H groups in total. The summed E-state index contributed by atoms with van der Waals surface area (Å²) in [6.07, 6.45) is 2.89. The zero-order chi connectivity index (χ0) is 16.9. The molecule has 24 heavy (non-hydrogen) atoms. The Morgan fingerprint density at radius 3 is 2.46 bits per heavy atom. The van der Waals surface area contributed by atoms with Gasteiger partial charge in [0.25, 0.3) is 0 Å². The molecule has 1 aromatic carbocycles. The van der Waals surface area contributed by atoms with Crippen molar-refractivity contribution in [1.29, 1.82) is 0 Å². The smallest absolute Gasteiger partial charge is 0.240 e. The van der Waals surface area contributed by atoms with Crippen LogP contribution in [0.1, 0.15) is 38.7 Å². The molecular weight excluding hydrogens is 439 g/mol. The fourth-order valence-corrected chi connectivity index (χ4v) is 3.29. The Kier molecular flexibility index (Phi) is 8.44. The summed E-state index contributed by atoms with van der Waals surface area (Å²) >= 11 is 0. The number of hydrogen-bond acceptors (Lipinski definition) is 3. The molecule has 2 rings (SSSR count). The standard InChI is InChI=1S/C16H26N4O2S.HI/c1-12(2)9-10-18-16(17)19-11-13-3-7-15(8-4-13)23(21,22)20-14-5-6-14;/h3-4,7-8,12,14,20H,5-6,9-11H2,1-2H3,(H3,17,18,19);1H. The third-order valence-corrected chi connectivity index (χ3v) is 5.13. The highest BCUT2D eigenvalue weighted by Crippen LogP contribution is 2.22. The van der Waals surface area contributed by atoms with Gasteiger partial charge in [-0.15, -0.1) is 24.0 Å². The van der Waals surface area contributed by atoms with E-state index in [1.807, 2.05) is 0 Å². The minimum absolute atomic E-state index is 0. The molecule has 0 amide bonds. The van der Waals surface area contributed by atoms with Crippen LogP contribution in [0.25, 0.3) is 0 Å². The maximum Gasteiger partial charge on any atom is 0.240 e. The Hall–Kier alpha value is -0.870. The molecule has 0 radical (unpaired) electrons. The van der Waals surface area contributed by atoms with Gasteiger partial charge in [0.1, 0.15) is 0 Å². The van der Waals surface area contributed by atoms with Crippen LogP contribution in [0.3, 0.4) is 0 Å². The van der Waals surface area contributed by atoms with Gasteiger partial charge in [0.2, 0.25) is 10.0 Å². The van der Waals surface area contributed by atoms with Crippen LogP contribution in [0.4, 0.5) is 0 Å². The van der Waals surface area contributed by atoms with Crippen molar-refractivity contribution in [3.8, 4) is 0 Å².